The average Bonchev–Trinajstić information content (AvgIpc) is 3.44. The Labute approximate surface area is 250 Å². The molecule has 1 saturated heterocycles. The fourth-order valence-electron chi connectivity index (χ4n) is 5.19. The highest BCUT2D eigenvalue weighted by atomic mass is 32.2. The first-order valence-corrected chi connectivity index (χ1v) is 14.5. The van der Waals surface area contributed by atoms with Crippen molar-refractivity contribution >= 4 is 29.8 Å². The maximum atomic E-state index is 13.2. The fraction of sp³-hybridized carbons (Fsp3) is 0.242. The summed E-state index contributed by atoms with van der Waals surface area (Å²) in [5.41, 5.74) is 3.34. The molecule has 218 valence electrons. The first-order chi connectivity index (χ1) is 20.5. The number of amides is 2. The number of thioether (sulfide) groups is 1. The monoisotopic (exact) mass is 585 g/mol. The van der Waals surface area contributed by atoms with E-state index in [1.165, 1.54) is 12.2 Å². The maximum Gasteiger partial charge on any atom is 0.412 e. The Balaban J connectivity index is 1.70. The van der Waals surface area contributed by atoms with Crippen LogP contribution in [0.3, 0.4) is 0 Å². The summed E-state index contributed by atoms with van der Waals surface area (Å²) in [4.78, 5) is 27.0. The third-order valence-electron chi connectivity index (χ3n) is 6.95. The van der Waals surface area contributed by atoms with Gasteiger partial charge < -0.3 is 19.6 Å². The van der Waals surface area contributed by atoms with E-state index >= 15 is 0 Å². The Kier molecular flexibility index (Phi) is 10.8. The molecule has 3 aromatic rings. The van der Waals surface area contributed by atoms with Crippen molar-refractivity contribution in [1.82, 2.24) is 10.2 Å². The molecule has 1 aliphatic rings. The number of likely N-dealkylation sites (tertiary alicyclic amines) is 1. The zero-order valence-electron chi connectivity index (χ0n) is 23.3. The first kappa shape index (κ1) is 30.5. The molecule has 2 N–H and O–H groups in total. The van der Waals surface area contributed by atoms with E-state index in [-0.39, 0.29) is 30.7 Å². The fourth-order valence-corrected chi connectivity index (χ4v) is 7.06. The SMILES string of the molecule is C=CCOC(=O)N/C(C[C@@H]1C[C@H](SC(c2ccccc2)(c2ccccc2)c2ccccc2)CN1C(=O)OCC=C)=N\O. The minimum absolute atomic E-state index is 0.00717. The van der Waals surface area contributed by atoms with Gasteiger partial charge in [0.15, 0.2) is 5.84 Å². The highest BCUT2D eigenvalue weighted by Crippen LogP contribution is 2.52. The van der Waals surface area contributed by atoms with Crippen molar-refractivity contribution < 1.29 is 24.3 Å². The molecular weight excluding hydrogens is 550 g/mol. The van der Waals surface area contributed by atoms with E-state index in [9.17, 15) is 14.8 Å². The summed E-state index contributed by atoms with van der Waals surface area (Å²) in [7, 11) is 0. The number of carbonyl (C=O) groups is 2. The summed E-state index contributed by atoms with van der Waals surface area (Å²) in [6.07, 6.45) is 2.32. The Morgan fingerprint density at radius 3 is 1.88 bits per heavy atom. The Bertz CT molecular complexity index is 1270. The van der Waals surface area contributed by atoms with Crippen LogP contribution in [0, 0.1) is 0 Å². The van der Waals surface area contributed by atoms with Crippen molar-refractivity contribution in [3.63, 3.8) is 0 Å². The number of carbonyl (C=O) groups excluding carboxylic acids is 2. The van der Waals surface area contributed by atoms with Gasteiger partial charge in [0.1, 0.15) is 13.2 Å². The van der Waals surface area contributed by atoms with Crippen molar-refractivity contribution in [2.24, 2.45) is 5.16 Å². The molecule has 9 heteroatoms. The van der Waals surface area contributed by atoms with Gasteiger partial charge in [-0.2, -0.15) is 0 Å². The molecule has 0 spiro atoms. The van der Waals surface area contributed by atoms with Crippen molar-refractivity contribution in [1.29, 1.82) is 0 Å². The van der Waals surface area contributed by atoms with Gasteiger partial charge >= 0.3 is 12.2 Å². The molecule has 1 fully saturated rings. The van der Waals surface area contributed by atoms with Gasteiger partial charge in [0.2, 0.25) is 0 Å². The molecule has 2 amide bonds. The smallest absolute Gasteiger partial charge is 0.412 e. The van der Waals surface area contributed by atoms with Crippen LogP contribution in [-0.4, -0.2) is 59.2 Å². The lowest BCUT2D eigenvalue weighted by atomic mass is 9.84. The van der Waals surface area contributed by atoms with Crippen LogP contribution in [0.2, 0.25) is 0 Å². The maximum absolute atomic E-state index is 13.2. The second kappa shape index (κ2) is 14.9. The van der Waals surface area contributed by atoms with Crippen LogP contribution < -0.4 is 5.32 Å². The average molecular weight is 586 g/mol. The largest absolute Gasteiger partial charge is 0.445 e. The molecule has 0 bridgehead atoms. The molecule has 0 aliphatic carbocycles. The summed E-state index contributed by atoms with van der Waals surface area (Å²) in [6.45, 7) is 7.62. The molecular formula is C33H35N3O5S. The standard InChI is InChI=1S/C33H35N3O5S/c1-3-20-40-31(37)34-30(35-39)23-28-22-29(24-36(28)32(38)41-21-4-2)42-33(25-14-8-5-9-15-25,26-16-10-6-11-17-26)27-18-12-7-13-19-27/h3-19,28-29,39H,1-2,20-24H2,(H,34,35,37)/t28-,29-/m0/s1. The molecule has 8 nitrogen and oxygen atoms in total. The normalized spacial score (nSPS) is 16.9. The third kappa shape index (κ3) is 7.22. The van der Waals surface area contributed by atoms with Gasteiger partial charge in [0.05, 0.1) is 4.75 Å². The van der Waals surface area contributed by atoms with Crippen molar-refractivity contribution in [3.8, 4) is 0 Å². The molecule has 1 heterocycles. The van der Waals surface area contributed by atoms with E-state index in [0.717, 1.165) is 16.7 Å². The number of oxime groups is 1. The molecule has 42 heavy (non-hydrogen) atoms. The predicted octanol–water partition coefficient (Wildman–Crippen LogP) is 6.57. The molecule has 0 radical (unpaired) electrons. The quantitative estimate of drug-likeness (QED) is 0.0660. The second-order valence-corrected chi connectivity index (χ2v) is 11.2. The summed E-state index contributed by atoms with van der Waals surface area (Å²) in [5, 5.41) is 15.4. The molecule has 0 saturated carbocycles. The lowest BCUT2D eigenvalue weighted by Crippen LogP contribution is -2.41. The predicted molar refractivity (Wildman–Crippen MR) is 166 cm³/mol. The summed E-state index contributed by atoms with van der Waals surface area (Å²) >= 11 is 1.77. The van der Waals surface area contributed by atoms with Gasteiger partial charge in [-0.25, -0.2) is 9.59 Å². The number of hydrogen-bond donors (Lipinski definition) is 2. The number of hydrogen-bond acceptors (Lipinski definition) is 7. The van der Waals surface area contributed by atoms with Crippen LogP contribution in [0.15, 0.2) is 121 Å². The number of nitrogens with one attached hydrogen (secondary N) is 1. The van der Waals surface area contributed by atoms with E-state index in [1.807, 2.05) is 54.6 Å². The zero-order chi connectivity index (χ0) is 29.8. The van der Waals surface area contributed by atoms with Crippen LogP contribution in [0.4, 0.5) is 9.59 Å². The highest BCUT2D eigenvalue weighted by molar-refractivity contribution is 8.01. The number of nitrogens with zero attached hydrogens (tertiary/aromatic N) is 2. The number of amidine groups is 1. The van der Waals surface area contributed by atoms with Crippen molar-refractivity contribution in [3.05, 3.63) is 133 Å². The van der Waals surface area contributed by atoms with Crippen LogP contribution in [-0.2, 0) is 14.2 Å². The van der Waals surface area contributed by atoms with Crippen molar-refractivity contribution in [2.45, 2.75) is 28.9 Å². The Hall–Kier alpha value is -4.50. The minimum Gasteiger partial charge on any atom is -0.445 e. The lowest BCUT2D eigenvalue weighted by Gasteiger charge is -2.37. The van der Waals surface area contributed by atoms with Crippen LogP contribution in [0.1, 0.15) is 29.5 Å². The topological polar surface area (TPSA) is 100 Å². The molecule has 4 rings (SSSR count). The van der Waals surface area contributed by atoms with E-state index in [0.29, 0.717) is 13.0 Å². The van der Waals surface area contributed by atoms with E-state index in [1.54, 1.807) is 16.7 Å². The highest BCUT2D eigenvalue weighted by Gasteiger charge is 2.45. The lowest BCUT2D eigenvalue weighted by molar-refractivity contribution is 0.109. The van der Waals surface area contributed by atoms with Crippen molar-refractivity contribution in [2.75, 3.05) is 19.8 Å². The Morgan fingerprint density at radius 2 is 1.40 bits per heavy atom. The number of alkyl carbamates (subject to hydrolysis) is 1. The molecule has 2 atom stereocenters. The van der Waals surface area contributed by atoms with Gasteiger partial charge in [-0.1, -0.05) is 121 Å². The van der Waals surface area contributed by atoms with Gasteiger partial charge in [-0.3, -0.25) is 5.32 Å². The van der Waals surface area contributed by atoms with Gasteiger partial charge in [-0.05, 0) is 23.1 Å². The van der Waals surface area contributed by atoms with Crippen LogP contribution >= 0.6 is 11.8 Å². The molecule has 0 unspecified atom stereocenters. The molecule has 0 aromatic heterocycles. The van der Waals surface area contributed by atoms with E-state index < -0.39 is 23.0 Å². The van der Waals surface area contributed by atoms with E-state index in [4.69, 9.17) is 9.47 Å². The van der Waals surface area contributed by atoms with Crippen LogP contribution in [0.25, 0.3) is 0 Å². The molecule has 3 aromatic carbocycles. The molecule has 1 aliphatic heterocycles. The third-order valence-corrected chi connectivity index (χ3v) is 8.68. The number of ether oxygens (including phenoxy) is 2. The number of rotatable bonds is 11. The van der Waals surface area contributed by atoms with E-state index in [2.05, 4.69) is 60.0 Å². The zero-order valence-corrected chi connectivity index (χ0v) is 24.1. The van der Waals surface area contributed by atoms with Gasteiger partial charge in [0, 0.05) is 24.3 Å². The Morgan fingerprint density at radius 1 is 0.905 bits per heavy atom. The van der Waals surface area contributed by atoms with Gasteiger partial charge in [0.25, 0.3) is 0 Å². The van der Waals surface area contributed by atoms with Crippen LogP contribution in [0.5, 0.6) is 0 Å². The first-order valence-electron chi connectivity index (χ1n) is 13.7. The number of benzene rings is 3. The second-order valence-electron chi connectivity index (χ2n) is 9.69. The summed E-state index contributed by atoms with van der Waals surface area (Å²) < 4.78 is 9.81. The van der Waals surface area contributed by atoms with Gasteiger partial charge in [-0.15, -0.1) is 11.8 Å². The summed E-state index contributed by atoms with van der Waals surface area (Å²) in [5.74, 6) is -0.0123. The minimum atomic E-state index is -0.774. The summed E-state index contributed by atoms with van der Waals surface area (Å²) in [6, 6.07) is 30.6.